The van der Waals surface area contributed by atoms with Crippen LogP contribution in [0.4, 0.5) is 0 Å². The Hall–Kier alpha value is -0.160. The zero-order chi connectivity index (χ0) is 12.9. The third kappa shape index (κ3) is 8.86. The quantitative estimate of drug-likeness (QED) is 0.632. The van der Waals surface area contributed by atoms with Crippen LogP contribution in [0.3, 0.4) is 0 Å². The average Bonchev–Trinajstić information content (AvgIpc) is 2.37. The lowest BCUT2D eigenvalue weighted by Crippen LogP contribution is -2.42. The lowest BCUT2D eigenvalue weighted by atomic mass is 10.2. The lowest BCUT2D eigenvalue weighted by molar-refractivity contribution is 0.265. The molecule has 0 radical (unpaired) electrons. The van der Waals surface area contributed by atoms with E-state index in [1.54, 1.807) is 0 Å². The second-order valence-electron chi connectivity index (χ2n) is 5.15. The van der Waals surface area contributed by atoms with E-state index in [0.29, 0.717) is 0 Å². The highest BCUT2D eigenvalue weighted by atomic mass is 15.2. The van der Waals surface area contributed by atoms with Gasteiger partial charge in [-0.05, 0) is 13.0 Å². The third-order valence-corrected chi connectivity index (χ3v) is 3.49. The van der Waals surface area contributed by atoms with Gasteiger partial charge in [0.1, 0.15) is 0 Å². The lowest BCUT2D eigenvalue weighted by Gasteiger charge is -2.23. The van der Waals surface area contributed by atoms with Crippen LogP contribution in [0.2, 0.25) is 0 Å². The first-order chi connectivity index (χ1) is 8.93. The fourth-order valence-corrected chi connectivity index (χ4v) is 2.30. The minimum absolute atomic E-state index is 1.08. The van der Waals surface area contributed by atoms with Crippen molar-refractivity contribution in [2.75, 3.05) is 58.9 Å². The van der Waals surface area contributed by atoms with Crippen molar-refractivity contribution < 1.29 is 0 Å². The van der Waals surface area contributed by atoms with Gasteiger partial charge >= 0.3 is 0 Å². The van der Waals surface area contributed by atoms with E-state index in [1.165, 1.54) is 45.3 Å². The van der Waals surface area contributed by atoms with Crippen LogP contribution in [0.5, 0.6) is 0 Å². The number of hydrogen-bond donors (Lipinski definition) is 3. The Morgan fingerprint density at radius 2 is 1.28 bits per heavy atom. The van der Waals surface area contributed by atoms with Crippen LogP contribution in [-0.4, -0.2) is 63.8 Å². The van der Waals surface area contributed by atoms with Crippen LogP contribution < -0.4 is 16.0 Å². The van der Waals surface area contributed by atoms with Gasteiger partial charge in [0.05, 0.1) is 0 Å². The van der Waals surface area contributed by atoms with E-state index < -0.39 is 0 Å². The summed E-state index contributed by atoms with van der Waals surface area (Å²) < 4.78 is 0. The normalized spacial score (nSPS) is 21.2. The summed E-state index contributed by atoms with van der Waals surface area (Å²) in [5.41, 5.74) is 0. The molecule has 0 aliphatic carbocycles. The van der Waals surface area contributed by atoms with Crippen molar-refractivity contribution in [3.63, 3.8) is 0 Å². The van der Waals surface area contributed by atoms with E-state index in [-0.39, 0.29) is 0 Å². The first-order valence-electron chi connectivity index (χ1n) is 7.78. The van der Waals surface area contributed by atoms with Gasteiger partial charge in [-0.15, -0.1) is 0 Å². The monoisotopic (exact) mass is 256 g/mol. The van der Waals surface area contributed by atoms with Crippen LogP contribution in [-0.2, 0) is 0 Å². The van der Waals surface area contributed by atoms with Crippen LogP contribution >= 0.6 is 0 Å². The molecule has 108 valence electrons. The van der Waals surface area contributed by atoms with Gasteiger partial charge in [-0.1, -0.05) is 26.2 Å². The van der Waals surface area contributed by atoms with Crippen molar-refractivity contribution in [2.24, 2.45) is 0 Å². The maximum Gasteiger partial charge on any atom is 0.0107 e. The van der Waals surface area contributed by atoms with E-state index in [0.717, 1.165) is 39.3 Å². The number of unbranched alkanes of at least 4 members (excludes halogenated alkanes) is 3. The van der Waals surface area contributed by atoms with E-state index in [2.05, 4.69) is 27.8 Å². The van der Waals surface area contributed by atoms with Crippen molar-refractivity contribution >= 4 is 0 Å². The molecule has 4 nitrogen and oxygen atoms in total. The second-order valence-corrected chi connectivity index (χ2v) is 5.15. The predicted octanol–water partition coefficient (Wildman–Crippen LogP) is 0.651. The summed E-state index contributed by atoms with van der Waals surface area (Å²) in [6, 6.07) is 0. The predicted molar refractivity (Wildman–Crippen MR) is 79.2 cm³/mol. The number of nitrogens with one attached hydrogen (secondary N) is 3. The van der Waals surface area contributed by atoms with Gasteiger partial charge in [0.2, 0.25) is 0 Å². The molecule has 1 saturated heterocycles. The van der Waals surface area contributed by atoms with E-state index in [1.807, 2.05) is 0 Å². The Morgan fingerprint density at radius 3 is 1.83 bits per heavy atom. The minimum atomic E-state index is 1.08. The standard InChI is InChI=1S/C14H32N4/c1-2-3-4-5-12-18-13-10-16-8-6-15-7-9-17-11-14-18/h15-17H,2-14H2,1H3. The molecule has 0 bridgehead atoms. The largest absolute Gasteiger partial charge is 0.314 e. The highest BCUT2D eigenvalue weighted by Gasteiger charge is 2.04. The average molecular weight is 256 g/mol. The molecule has 1 aliphatic rings. The third-order valence-electron chi connectivity index (χ3n) is 3.49. The molecule has 0 atom stereocenters. The minimum Gasteiger partial charge on any atom is -0.314 e. The summed E-state index contributed by atoms with van der Waals surface area (Å²) in [6.45, 7) is 12.5. The smallest absolute Gasteiger partial charge is 0.0107 e. The molecule has 4 heteroatoms. The molecule has 0 aromatic heterocycles. The topological polar surface area (TPSA) is 39.3 Å². The molecule has 0 unspecified atom stereocenters. The van der Waals surface area contributed by atoms with Gasteiger partial charge in [0, 0.05) is 52.4 Å². The highest BCUT2D eigenvalue weighted by Crippen LogP contribution is 2.00. The summed E-state index contributed by atoms with van der Waals surface area (Å²) in [5.74, 6) is 0. The van der Waals surface area contributed by atoms with Crippen LogP contribution in [0, 0.1) is 0 Å². The van der Waals surface area contributed by atoms with Crippen molar-refractivity contribution in [1.29, 1.82) is 0 Å². The van der Waals surface area contributed by atoms with Crippen molar-refractivity contribution in [1.82, 2.24) is 20.9 Å². The summed E-state index contributed by atoms with van der Waals surface area (Å²) in [6.07, 6.45) is 5.46. The second kappa shape index (κ2) is 11.9. The molecule has 0 aromatic carbocycles. The fourth-order valence-electron chi connectivity index (χ4n) is 2.30. The van der Waals surface area contributed by atoms with E-state index in [4.69, 9.17) is 0 Å². The summed E-state index contributed by atoms with van der Waals surface area (Å²) in [7, 11) is 0. The number of hydrogen-bond acceptors (Lipinski definition) is 4. The van der Waals surface area contributed by atoms with Gasteiger partial charge in [-0.2, -0.15) is 0 Å². The Balaban J connectivity index is 2.14. The molecule has 18 heavy (non-hydrogen) atoms. The SMILES string of the molecule is CCCCCCN1CCNCCNCCNCC1. The fraction of sp³-hybridized carbons (Fsp3) is 1.00. The van der Waals surface area contributed by atoms with Crippen molar-refractivity contribution in [3.05, 3.63) is 0 Å². The summed E-state index contributed by atoms with van der Waals surface area (Å²) in [5, 5.41) is 10.4. The first-order valence-corrected chi connectivity index (χ1v) is 7.78. The van der Waals surface area contributed by atoms with Gasteiger partial charge < -0.3 is 20.9 Å². The Morgan fingerprint density at radius 1 is 0.722 bits per heavy atom. The molecule has 3 N–H and O–H groups in total. The summed E-state index contributed by atoms with van der Waals surface area (Å²) >= 11 is 0. The van der Waals surface area contributed by atoms with Crippen molar-refractivity contribution in [2.45, 2.75) is 32.6 Å². The maximum absolute atomic E-state index is 3.51. The summed E-state index contributed by atoms with van der Waals surface area (Å²) in [4.78, 5) is 2.60. The highest BCUT2D eigenvalue weighted by molar-refractivity contribution is 4.65. The molecule has 1 rings (SSSR count). The van der Waals surface area contributed by atoms with Crippen molar-refractivity contribution in [3.8, 4) is 0 Å². The molecule has 0 amide bonds. The molecule has 0 saturated carbocycles. The van der Waals surface area contributed by atoms with E-state index >= 15 is 0 Å². The Kier molecular flexibility index (Phi) is 10.5. The molecular weight excluding hydrogens is 224 g/mol. The van der Waals surface area contributed by atoms with Crippen LogP contribution in [0.25, 0.3) is 0 Å². The number of rotatable bonds is 5. The molecule has 1 aliphatic heterocycles. The maximum atomic E-state index is 3.51. The molecule has 0 spiro atoms. The van der Waals surface area contributed by atoms with Gasteiger partial charge in [-0.25, -0.2) is 0 Å². The molecule has 1 heterocycles. The van der Waals surface area contributed by atoms with Crippen LogP contribution in [0.1, 0.15) is 32.6 Å². The first kappa shape index (κ1) is 15.9. The number of nitrogens with zero attached hydrogens (tertiary/aromatic N) is 1. The molecule has 0 aromatic rings. The Bertz CT molecular complexity index is 160. The van der Waals surface area contributed by atoms with Gasteiger partial charge in [0.25, 0.3) is 0 Å². The van der Waals surface area contributed by atoms with Gasteiger partial charge in [0.15, 0.2) is 0 Å². The molecular formula is C14H32N4. The molecule has 1 fully saturated rings. The zero-order valence-corrected chi connectivity index (χ0v) is 12.1. The Labute approximate surface area is 113 Å². The van der Waals surface area contributed by atoms with Crippen LogP contribution in [0.15, 0.2) is 0 Å². The van der Waals surface area contributed by atoms with E-state index in [9.17, 15) is 0 Å². The van der Waals surface area contributed by atoms with Gasteiger partial charge in [-0.3, -0.25) is 0 Å². The zero-order valence-electron chi connectivity index (χ0n) is 12.1.